The number of carbonyl (C=O) groups is 4. The van der Waals surface area contributed by atoms with E-state index in [1.807, 2.05) is 31.2 Å². The van der Waals surface area contributed by atoms with Crippen LogP contribution in [0, 0.1) is 11.3 Å². The summed E-state index contributed by atoms with van der Waals surface area (Å²) < 4.78 is 0.906. The molecule has 4 N–H and O–H groups in total. The van der Waals surface area contributed by atoms with E-state index >= 15 is 0 Å². The highest BCUT2D eigenvalue weighted by Crippen LogP contribution is 2.32. The Morgan fingerprint density at radius 1 is 1.26 bits per heavy atom. The van der Waals surface area contributed by atoms with Crippen molar-refractivity contribution in [2.45, 2.75) is 44.9 Å². The number of carbonyl (C=O) groups excluding carboxylic acids is 4. The summed E-state index contributed by atoms with van der Waals surface area (Å²) in [6.07, 6.45) is 1.80. The largest absolute Gasteiger partial charge is 0.375 e. The monoisotopic (exact) mass is 603 g/mol. The average molecular weight is 604 g/mol. The number of nitrogens with zero attached hydrogens (tertiary/aromatic N) is 6. The highest BCUT2D eigenvalue weighted by Gasteiger charge is 2.52. The number of nitriles is 1. The van der Waals surface area contributed by atoms with Gasteiger partial charge in [-0.1, -0.05) is 48.9 Å². The normalized spacial score (nSPS) is 18.4. The third kappa shape index (κ3) is 6.23. The van der Waals surface area contributed by atoms with Crippen molar-refractivity contribution in [3.05, 3.63) is 53.6 Å². The standard InChI is InChI=1S/C29H33N9O4S/c1-2-3-12-32-29(42)36(13-11-30)37-17-25(40)38-22(14-19-7-9-21(10-8-19)33-18-39)27(41)35(16-24(37)38)15-20-5-4-6-23-26(20)34-28(31)43-23/h4-10,18,22,24H,2-3,12-17H2,1H3,(H2,31,34)(H,32,42)(H,33,39)/t22-,24+/m0/s1. The summed E-state index contributed by atoms with van der Waals surface area (Å²) in [5, 5.41) is 18.3. The number of amides is 5. The van der Waals surface area contributed by atoms with Crippen molar-refractivity contribution < 1.29 is 19.2 Å². The van der Waals surface area contributed by atoms with E-state index in [9.17, 15) is 24.4 Å². The van der Waals surface area contributed by atoms with Gasteiger partial charge in [0.15, 0.2) is 5.13 Å². The molecule has 0 aliphatic carbocycles. The molecule has 14 heteroatoms. The van der Waals surface area contributed by atoms with Crippen LogP contribution in [-0.4, -0.2) is 87.4 Å². The van der Waals surface area contributed by atoms with Gasteiger partial charge in [0, 0.05) is 25.2 Å². The Labute approximate surface area is 252 Å². The number of urea groups is 1. The van der Waals surface area contributed by atoms with Gasteiger partial charge >= 0.3 is 6.03 Å². The first-order valence-corrected chi connectivity index (χ1v) is 14.9. The van der Waals surface area contributed by atoms with Crippen LogP contribution in [0.25, 0.3) is 10.2 Å². The molecule has 0 spiro atoms. The molecule has 224 valence electrons. The van der Waals surface area contributed by atoms with Gasteiger partial charge in [0.1, 0.15) is 18.8 Å². The van der Waals surface area contributed by atoms with E-state index in [1.54, 1.807) is 39.1 Å². The molecule has 2 aromatic carbocycles. The average Bonchev–Trinajstić information content (AvgIpc) is 3.54. The minimum Gasteiger partial charge on any atom is -0.375 e. The number of nitrogens with two attached hydrogens (primary N) is 1. The van der Waals surface area contributed by atoms with E-state index in [1.165, 1.54) is 16.3 Å². The van der Waals surface area contributed by atoms with E-state index in [4.69, 9.17) is 5.73 Å². The Hall–Kier alpha value is -4.74. The molecule has 2 atom stereocenters. The zero-order valence-corrected chi connectivity index (χ0v) is 24.5. The summed E-state index contributed by atoms with van der Waals surface area (Å²) in [7, 11) is 0. The Kier molecular flexibility index (Phi) is 9.03. The number of hydrogen-bond donors (Lipinski definition) is 3. The lowest BCUT2D eigenvalue weighted by Crippen LogP contribution is -2.66. The fourth-order valence-corrected chi connectivity index (χ4v) is 6.37. The topological polar surface area (TPSA) is 168 Å². The second kappa shape index (κ2) is 13.1. The molecular weight excluding hydrogens is 570 g/mol. The van der Waals surface area contributed by atoms with E-state index < -0.39 is 18.2 Å². The smallest absolute Gasteiger partial charge is 0.333 e. The van der Waals surface area contributed by atoms with Crippen LogP contribution in [0.4, 0.5) is 15.6 Å². The number of nitrogens with one attached hydrogen (secondary N) is 2. The third-order valence-corrected chi connectivity index (χ3v) is 8.48. The molecule has 5 rings (SSSR count). The molecule has 2 fully saturated rings. The van der Waals surface area contributed by atoms with Gasteiger partial charge in [-0.3, -0.25) is 14.4 Å². The van der Waals surface area contributed by atoms with Gasteiger partial charge in [-0.2, -0.15) is 10.3 Å². The molecule has 43 heavy (non-hydrogen) atoms. The Morgan fingerprint density at radius 2 is 2.05 bits per heavy atom. The maximum atomic E-state index is 14.1. The van der Waals surface area contributed by atoms with Crippen LogP contribution in [0.2, 0.25) is 0 Å². The zero-order valence-electron chi connectivity index (χ0n) is 23.7. The quantitative estimate of drug-likeness (QED) is 0.170. The summed E-state index contributed by atoms with van der Waals surface area (Å²) in [5.41, 5.74) is 8.91. The number of nitrogen functional groups attached to an aromatic ring is 1. The maximum Gasteiger partial charge on any atom is 0.333 e. The number of hydrogen-bond acceptors (Lipinski definition) is 9. The molecular formula is C29H33N9O4S. The van der Waals surface area contributed by atoms with Crippen LogP contribution in [0.1, 0.15) is 30.9 Å². The van der Waals surface area contributed by atoms with Gasteiger partial charge in [-0.15, -0.1) is 0 Å². The number of anilines is 2. The van der Waals surface area contributed by atoms with Gasteiger partial charge < -0.3 is 26.2 Å². The lowest BCUT2D eigenvalue weighted by molar-refractivity contribution is -0.157. The lowest BCUT2D eigenvalue weighted by Gasteiger charge is -2.46. The van der Waals surface area contributed by atoms with Crippen molar-refractivity contribution in [1.29, 1.82) is 5.26 Å². The molecule has 2 aliphatic rings. The van der Waals surface area contributed by atoms with Crippen LogP contribution >= 0.6 is 11.3 Å². The summed E-state index contributed by atoms with van der Waals surface area (Å²) in [6.45, 7) is 2.41. The first-order valence-electron chi connectivity index (χ1n) is 14.1. The number of fused-ring (bicyclic) bond motifs is 2. The van der Waals surface area contributed by atoms with Gasteiger partial charge in [0.2, 0.25) is 18.2 Å². The molecule has 2 saturated heterocycles. The highest BCUT2D eigenvalue weighted by molar-refractivity contribution is 7.22. The Bertz CT molecular complexity index is 1550. The molecule has 0 radical (unpaired) electrons. The SMILES string of the molecule is CCCCNC(=O)N(CC#N)N1CC(=O)N2[C@@H](Cc3ccc(NC=O)cc3)C(=O)N(Cc3cccc4sc(N)nc34)C[C@@H]21. The summed E-state index contributed by atoms with van der Waals surface area (Å²) in [6, 6.07) is 13.5. The van der Waals surface area contributed by atoms with Crippen molar-refractivity contribution in [2.24, 2.45) is 0 Å². The third-order valence-electron chi connectivity index (χ3n) is 7.63. The van der Waals surface area contributed by atoms with E-state index in [0.29, 0.717) is 23.8 Å². The van der Waals surface area contributed by atoms with Crippen LogP contribution in [-0.2, 0) is 27.3 Å². The van der Waals surface area contributed by atoms with Crippen LogP contribution in [0.15, 0.2) is 42.5 Å². The highest BCUT2D eigenvalue weighted by atomic mass is 32.1. The summed E-state index contributed by atoms with van der Waals surface area (Å²) in [4.78, 5) is 59.4. The number of thiazole rings is 1. The van der Waals surface area contributed by atoms with Crippen LogP contribution in [0.3, 0.4) is 0 Å². The molecule has 0 bridgehead atoms. The van der Waals surface area contributed by atoms with Gasteiger partial charge in [0.05, 0.1) is 29.4 Å². The first-order chi connectivity index (χ1) is 20.8. The maximum absolute atomic E-state index is 14.1. The number of piperazine rings is 1. The minimum absolute atomic E-state index is 0.128. The number of hydrazine groups is 1. The van der Waals surface area contributed by atoms with Crippen molar-refractivity contribution in [1.82, 2.24) is 30.1 Å². The zero-order chi connectivity index (χ0) is 30.5. The number of para-hydroxylation sites is 1. The van der Waals surface area contributed by atoms with Crippen molar-refractivity contribution in [2.75, 3.05) is 37.2 Å². The van der Waals surface area contributed by atoms with Gasteiger partial charge in [0.25, 0.3) is 0 Å². The predicted octanol–water partition coefficient (Wildman–Crippen LogP) is 2.12. The molecule has 3 aromatic rings. The van der Waals surface area contributed by atoms with E-state index in [-0.39, 0.29) is 44.4 Å². The van der Waals surface area contributed by atoms with Crippen LogP contribution < -0.4 is 16.4 Å². The van der Waals surface area contributed by atoms with Gasteiger partial charge in [-0.05, 0) is 35.7 Å². The predicted molar refractivity (Wildman–Crippen MR) is 161 cm³/mol. The minimum atomic E-state index is -0.854. The molecule has 0 unspecified atom stereocenters. The summed E-state index contributed by atoms with van der Waals surface area (Å²) in [5.74, 6) is -0.540. The Morgan fingerprint density at radius 3 is 2.77 bits per heavy atom. The van der Waals surface area contributed by atoms with Crippen molar-refractivity contribution >= 4 is 56.6 Å². The van der Waals surface area contributed by atoms with Crippen molar-refractivity contribution in [3.63, 3.8) is 0 Å². The fourth-order valence-electron chi connectivity index (χ4n) is 5.58. The molecule has 1 aromatic heterocycles. The number of unbranched alkanes of at least 4 members (excludes halogenated alkanes) is 1. The molecule has 13 nitrogen and oxygen atoms in total. The van der Waals surface area contributed by atoms with Crippen LogP contribution in [0.5, 0.6) is 0 Å². The molecule has 0 saturated carbocycles. The summed E-state index contributed by atoms with van der Waals surface area (Å²) >= 11 is 1.37. The second-order valence-electron chi connectivity index (χ2n) is 10.4. The number of rotatable bonds is 11. The lowest BCUT2D eigenvalue weighted by atomic mass is 9.99. The van der Waals surface area contributed by atoms with E-state index in [0.717, 1.165) is 34.2 Å². The number of aromatic nitrogens is 1. The molecule has 3 heterocycles. The number of benzene rings is 2. The van der Waals surface area contributed by atoms with Crippen molar-refractivity contribution in [3.8, 4) is 6.07 Å². The Balaban J connectivity index is 1.48. The first kappa shape index (κ1) is 29.7. The molecule has 2 aliphatic heterocycles. The fraction of sp³-hybridized carbons (Fsp3) is 0.379. The van der Waals surface area contributed by atoms with E-state index in [2.05, 4.69) is 15.6 Å². The van der Waals surface area contributed by atoms with Gasteiger partial charge in [-0.25, -0.2) is 14.8 Å². The second-order valence-corrected chi connectivity index (χ2v) is 11.5. The molecule has 5 amide bonds.